The van der Waals surface area contributed by atoms with Crippen LogP contribution < -0.4 is 14.9 Å². The number of nitrogens with zero attached hydrogens (tertiary/aromatic N) is 2. The van der Waals surface area contributed by atoms with E-state index in [1.807, 2.05) is 36.4 Å². The lowest BCUT2D eigenvalue weighted by molar-refractivity contribution is -0.143. The highest BCUT2D eigenvalue weighted by Gasteiger charge is 2.33. The van der Waals surface area contributed by atoms with Crippen LogP contribution in [0.5, 0.6) is 0 Å². The minimum absolute atomic E-state index is 0.291. The summed E-state index contributed by atoms with van der Waals surface area (Å²) < 4.78 is 18.3. The molecule has 9 heteroatoms. The van der Waals surface area contributed by atoms with Gasteiger partial charge in [-0.3, -0.25) is 9.36 Å². The summed E-state index contributed by atoms with van der Waals surface area (Å²) in [6.07, 6.45) is 1.34. The van der Waals surface area contributed by atoms with Gasteiger partial charge in [-0.1, -0.05) is 53.8 Å². The van der Waals surface area contributed by atoms with Crippen molar-refractivity contribution in [3.63, 3.8) is 0 Å². The van der Waals surface area contributed by atoms with Crippen molar-refractivity contribution in [2.75, 3.05) is 7.11 Å². The van der Waals surface area contributed by atoms with E-state index in [0.717, 1.165) is 5.56 Å². The lowest BCUT2D eigenvalue weighted by Gasteiger charge is -2.25. The predicted octanol–water partition coefficient (Wildman–Crippen LogP) is 4.23. The fourth-order valence-corrected chi connectivity index (χ4v) is 5.47. The molecule has 0 radical (unpaired) electrons. The maximum atomic E-state index is 13.7. The number of allylic oxidation sites excluding steroid dienone is 1. The summed E-state index contributed by atoms with van der Waals surface area (Å²) in [6, 6.07) is 19.1. The maximum absolute atomic E-state index is 13.7. The molecular weight excluding hydrogens is 516 g/mol. The number of hydrogen-bond acceptors (Lipinski definition) is 8. The summed E-state index contributed by atoms with van der Waals surface area (Å²) in [5.74, 6) is 0.0607. The largest absolute Gasteiger partial charge is 0.465 e. The Morgan fingerprint density at radius 1 is 1.05 bits per heavy atom. The Balaban J connectivity index is 1.59. The van der Waals surface area contributed by atoms with E-state index in [-0.39, 0.29) is 11.7 Å². The number of hydrogen-bond donors (Lipinski definition) is 0. The number of carbonyl (C=O) groups is 2. The van der Waals surface area contributed by atoms with Gasteiger partial charge in [0.05, 0.1) is 40.6 Å². The van der Waals surface area contributed by atoms with Gasteiger partial charge < -0.3 is 13.9 Å². The third kappa shape index (κ3) is 5.13. The lowest BCUT2D eigenvalue weighted by Crippen LogP contribution is -2.40. The second-order valence-electron chi connectivity index (χ2n) is 9.22. The molecule has 0 saturated heterocycles. The Morgan fingerprint density at radius 3 is 2.54 bits per heavy atom. The highest BCUT2D eigenvalue weighted by molar-refractivity contribution is 7.07. The van der Waals surface area contributed by atoms with E-state index in [2.05, 4.69) is 4.99 Å². The molecule has 1 unspecified atom stereocenters. The van der Waals surface area contributed by atoms with Crippen molar-refractivity contribution in [3.8, 4) is 11.3 Å². The molecule has 0 aliphatic carbocycles. The molecule has 3 heterocycles. The second-order valence-corrected chi connectivity index (χ2v) is 10.2. The van der Waals surface area contributed by atoms with Crippen LogP contribution in [0.3, 0.4) is 0 Å². The van der Waals surface area contributed by atoms with Gasteiger partial charge in [0.1, 0.15) is 11.5 Å². The average Bonchev–Trinajstić information content (AvgIpc) is 3.52. The van der Waals surface area contributed by atoms with Crippen LogP contribution >= 0.6 is 11.3 Å². The Kier molecular flexibility index (Phi) is 7.17. The van der Waals surface area contributed by atoms with Gasteiger partial charge in [0.15, 0.2) is 4.80 Å². The summed E-state index contributed by atoms with van der Waals surface area (Å²) in [7, 11) is 1.33. The zero-order chi connectivity index (χ0) is 27.7. The first-order valence-electron chi connectivity index (χ1n) is 12.3. The number of carbonyl (C=O) groups excluding carboxylic acids is 2. The summed E-state index contributed by atoms with van der Waals surface area (Å²) in [4.78, 5) is 43.9. The van der Waals surface area contributed by atoms with Gasteiger partial charge in [-0.25, -0.2) is 14.6 Å². The number of thiazole rings is 1. The number of aromatic nitrogens is 1. The van der Waals surface area contributed by atoms with Gasteiger partial charge in [-0.05, 0) is 50.6 Å². The van der Waals surface area contributed by atoms with Crippen LogP contribution in [-0.2, 0) is 14.3 Å². The molecule has 198 valence electrons. The maximum Gasteiger partial charge on any atom is 0.338 e. The minimum Gasteiger partial charge on any atom is -0.465 e. The molecule has 0 bridgehead atoms. The Bertz CT molecular complexity index is 1780. The molecule has 1 aliphatic heterocycles. The molecule has 0 fully saturated rings. The first kappa shape index (κ1) is 26.1. The van der Waals surface area contributed by atoms with Crippen molar-refractivity contribution >= 4 is 29.4 Å². The predicted molar refractivity (Wildman–Crippen MR) is 147 cm³/mol. The number of rotatable bonds is 6. The van der Waals surface area contributed by atoms with Crippen molar-refractivity contribution in [1.29, 1.82) is 0 Å². The van der Waals surface area contributed by atoms with Gasteiger partial charge in [-0.2, -0.15) is 0 Å². The van der Waals surface area contributed by atoms with Crippen LogP contribution in [0.4, 0.5) is 0 Å². The van der Waals surface area contributed by atoms with Crippen molar-refractivity contribution < 1.29 is 23.5 Å². The van der Waals surface area contributed by atoms with E-state index in [9.17, 15) is 14.4 Å². The van der Waals surface area contributed by atoms with Crippen molar-refractivity contribution in [2.24, 2.45) is 4.99 Å². The summed E-state index contributed by atoms with van der Waals surface area (Å²) >= 11 is 1.22. The zero-order valence-electron chi connectivity index (χ0n) is 21.8. The molecule has 8 nitrogen and oxygen atoms in total. The molecular formula is C30H26N2O6S. The average molecular weight is 543 g/mol. The normalized spacial score (nSPS) is 15.2. The molecule has 5 rings (SSSR count). The van der Waals surface area contributed by atoms with Gasteiger partial charge in [-0.15, -0.1) is 0 Å². The number of esters is 2. The topological polar surface area (TPSA) is 100 Å². The standard InChI is InChI=1S/C30H26N2O6S/c1-17(2)37-29(35)25-18(3)31-30-32(26(25)19-9-6-5-7-10-19)27(33)24(39-30)16-22-13-14-23(38-22)20-11-8-12-21(15-20)28(34)36-4/h5-17,26H,1-4H3. The number of benzene rings is 2. The van der Waals surface area contributed by atoms with Crippen LogP contribution in [0, 0.1) is 0 Å². The zero-order valence-corrected chi connectivity index (χ0v) is 22.7. The summed E-state index contributed by atoms with van der Waals surface area (Å²) in [5, 5.41) is 0. The number of methoxy groups -OCH3 is 1. The van der Waals surface area contributed by atoms with Gasteiger partial charge in [0.2, 0.25) is 0 Å². The highest BCUT2D eigenvalue weighted by Crippen LogP contribution is 2.31. The molecule has 4 aromatic rings. The molecule has 0 amide bonds. The molecule has 2 aromatic heterocycles. The van der Waals surface area contributed by atoms with Crippen molar-refractivity contribution in [2.45, 2.75) is 32.9 Å². The van der Waals surface area contributed by atoms with E-state index in [0.29, 0.717) is 43.3 Å². The number of ether oxygens (including phenoxy) is 2. The third-order valence-corrected chi connectivity index (χ3v) is 7.15. The van der Waals surface area contributed by atoms with Crippen molar-refractivity contribution in [1.82, 2.24) is 4.57 Å². The molecule has 0 saturated carbocycles. The van der Waals surface area contributed by atoms with Gasteiger partial charge >= 0.3 is 11.9 Å². The number of furan rings is 1. The minimum atomic E-state index is -0.677. The van der Waals surface area contributed by atoms with E-state index in [1.165, 1.54) is 18.4 Å². The van der Waals surface area contributed by atoms with Crippen LogP contribution in [-0.4, -0.2) is 29.7 Å². The van der Waals surface area contributed by atoms with E-state index in [4.69, 9.17) is 13.9 Å². The summed E-state index contributed by atoms with van der Waals surface area (Å²) in [5.41, 5.74) is 2.44. The summed E-state index contributed by atoms with van der Waals surface area (Å²) in [6.45, 7) is 5.32. The molecule has 0 spiro atoms. The SMILES string of the molecule is COC(=O)c1cccc(-c2ccc(C=c3sc4n(c3=O)C(c3ccccc3)C(C(=O)OC(C)C)=C(C)N=4)o2)c1. The van der Waals surface area contributed by atoms with Crippen LogP contribution in [0.1, 0.15) is 48.5 Å². The quantitative estimate of drug-likeness (QED) is 0.338. The van der Waals surface area contributed by atoms with E-state index < -0.39 is 18.0 Å². The monoisotopic (exact) mass is 542 g/mol. The molecule has 2 aromatic carbocycles. The molecule has 1 aliphatic rings. The first-order valence-corrected chi connectivity index (χ1v) is 13.2. The van der Waals surface area contributed by atoms with Gasteiger partial charge in [0.25, 0.3) is 5.56 Å². The Labute approximate surface area is 228 Å². The van der Waals surface area contributed by atoms with Crippen LogP contribution in [0.25, 0.3) is 17.4 Å². The Morgan fingerprint density at radius 2 is 1.82 bits per heavy atom. The lowest BCUT2D eigenvalue weighted by atomic mass is 9.96. The van der Waals surface area contributed by atoms with E-state index >= 15 is 0 Å². The number of fused-ring (bicyclic) bond motifs is 1. The van der Waals surface area contributed by atoms with Crippen LogP contribution in [0.15, 0.2) is 92.2 Å². The molecule has 39 heavy (non-hydrogen) atoms. The van der Waals surface area contributed by atoms with Crippen LogP contribution in [0.2, 0.25) is 0 Å². The van der Waals surface area contributed by atoms with Gasteiger partial charge in [0, 0.05) is 11.6 Å². The van der Waals surface area contributed by atoms with E-state index in [1.54, 1.807) is 61.7 Å². The second kappa shape index (κ2) is 10.7. The molecule has 1 atom stereocenters. The first-order chi connectivity index (χ1) is 18.8. The fourth-order valence-electron chi connectivity index (χ4n) is 4.44. The highest BCUT2D eigenvalue weighted by atomic mass is 32.1. The van der Waals surface area contributed by atoms with Crippen molar-refractivity contribution in [3.05, 3.63) is 115 Å². The Hall–Kier alpha value is -4.50. The molecule has 0 N–H and O–H groups in total. The fraction of sp³-hybridized carbons (Fsp3) is 0.200. The third-order valence-electron chi connectivity index (χ3n) is 6.17. The smallest absolute Gasteiger partial charge is 0.338 e.